The predicted molar refractivity (Wildman–Crippen MR) is 79.4 cm³/mol. The van der Waals surface area contributed by atoms with Crippen LogP contribution in [0.25, 0.3) is 0 Å². The second-order valence-corrected chi connectivity index (χ2v) is 4.03. The van der Waals surface area contributed by atoms with E-state index in [1.165, 1.54) is 24.3 Å². The lowest BCUT2D eigenvalue weighted by Gasteiger charge is -2.01. The number of rotatable bonds is 3. The average Bonchev–Trinajstić information content (AvgIpc) is 2.47. The molecule has 2 rings (SSSR count). The molecule has 6 heteroatoms. The Morgan fingerprint density at radius 2 is 1.19 bits per heavy atom. The molecular formula is C15H15N3O3. The summed E-state index contributed by atoms with van der Waals surface area (Å²) in [4.78, 5) is 22.6. The van der Waals surface area contributed by atoms with Gasteiger partial charge in [-0.15, -0.1) is 0 Å². The Hall–Kier alpha value is -3.15. The molecule has 0 aliphatic heterocycles. The highest BCUT2D eigenvalue weighted by Crippen LogP contribution is 2.11. The van der Waals surface area contributed by atoms with Gasteiger partial charge in [0.2, 0.25) is 0 Å². The van der Waals surface area contributed by atoms with Gasteiger partial charge in [0.25, 0.3) is 0 Å². The van der Waals surface area contributed by atoms with Crippen molar-refractivity contribution < 1.29 is 14.7 Å². The predicted octanol–water partition coefficient (Wildman–Crippen LogP) is 1.45. The van der Waals surface area contributed by atoms with Gasteiger partial charge >= 0.3 is 5.97 Å². The number of carbonyl (C=O) groups is 2. The van der Waals surface area contributed by atoms with Crippen LogP contribution in [0.4, 0.5) is 0 Å². The molecule has 0 radical (unpaired) electrons. The molecule has 0 aliphatic rings. The van der Waals surface area contributed by atoms with Crippen molar-refractivity contribution in [2.75, 3.05) is 0 Å². The van der Waals surface area contributed by atoms with Crippen molar-refractivity contribution in [3.05, 3.63) is 71.3 Å². The van der Waals surface area contributed by atoms with Crippen LogP contribution in [-0.2, 0) is 0 Å². The van der Waals surface area contributed by atoms with Crippen LogP contribution in [0.3, 0.4) is 0 Å². The fraction of sp³-hybridized carbons (Fsp3) is 0. The number of hydrogen-bond acceptors (Lipinski definition) is 3. The maximum atomic E-state index is 12.0. The number of ketones is 1. The third kappa shape index (κ3) is 5.15. The van der Waals surface area contributed by atoms with Gasteiger partial charge in [0, 0.05) is 11.1 Å². The highest BCUT2D eigenvalue weighted by Gasteiger charge is 2.09. The number of hydrogen-bond donors (Lipinski definition) is 4. The summed E-state index contributed by atoms with van der Waals surface area (Å²) >= 11 is 0. The quantitative estimate of drug-likeness (QED) is 0.385. The minimum atomic E-state index is -0.997. The molecule has 0 saturated carbocycles. The van der Waals surface area contributed by atoms with E-state index in [9.17, 15) is 9.59 Å². The molecule has 2 aromatic rings. The van der Waals surface area contributed by atoms with Crippen molar-refractivity contribution >= 4 is 17.7 Å². The Labute approximate surface area is 121 Å². The van der Waals surface area contributed by atoms with Crippen LogP contribution in [0, 0.1) is 5.41 Å². The number of carboxylic acid groups (broad SMARTS) is 1. The zero-order valence-corrected chi connectivity index (χ0v) is 11.1. The van der Waals surface area contributed by atoms with Gasteiger partial charge in [-0.25, -0.2) is 4.79 Å². The van der Waals surface area contributed by atoms with Gasteiger partial charge in [-0.2, -0.15) is 0 Å². The summed E-state index contributed by atoms with van der Waals surface area (Å²) in [6, 6.07) is 14.8. The molecule has 0 heterocycles. The van der Waals surface area contributed by atoms with E-state index < -0.39 is 5.97 Å². The topological polar surface area (TPSA) is 130 Å². The van der Waals surface area contributed by atoms with Gasteiger partial charge in [0.1, 0.15) is 0 Å². The van der Waals surface area contributed by atoms with Crippen molar-refractivity contribution in [2.24, 2.45) is 11.5 Å². The van der Waals surface area contributed by atoms with Gasteiger partial charge in [-0.3, -0.25) is 10.2 Å². The normalized spacial score (nSPS) is 9.14. The molecule has 0 amide bonds. The Bertz CT molecular complexity index is 633. The summed E-state index contributed by atoms with van der Waals surface area (Å²) in [6.45, 7) is 0. The van der Waals surface area contributed by atoms with E-state index in [0.29, 0.717) is 11.1 Å². The van der Waals surface area contributed by atoms with E-state index in [4.69, 9.17) is 10.5 Å². The summed E-state index contributed by atoms with van der Waals surface area (Å²) < 4.78 is 0. The zero-order valence-electron chi connectivity index (χ0n) is 11.1. The average molecular weight is 285 g/mol. The van der Waals surface area contributed by atoms with Gasteiger partial charge in [0.05, 0.1) is 5.56 Å². The number of carbonyl (C=O) groups excluding carboxylic acids is 1. The fourth-order valence-corrected chi connectivity index (χ4v) is 1.52. The number of nitrogens with two attached hydrogens (primary N) is 2. The maximum Gasteiger partial charge on any atom is 0.335 e. The number of carboxylic acids is 1. The molecule has 0 fully saturated rings. The van der Waals surface area contributed by atoms with Gasteiger partial charge in [0.15, 0.2) is 11.7 Å². The van der Waals surface area contributed by atoms with Crippen LogP contribution in [0.1, 0.15) is 26.3 Å². The maximum absolute atomic E-state index is 12.0. The van der Waals surface area contributed by atoms with Crippen LogP contribution < -0.4 is 11.5 Å². The van der Waals surface area contributed by atoms with Gasteiger partial charge in [-0.05, 0) is 12.1 Å². The van der Waals surface area contributed by atoms with E-state index in [0.717, 1.165) is 0 Å². The molecule has 6 N–H and O–H groups in total. The van der Waals surface area contributed by atoms with Crippen molar-refractivity contribution in [1.82, 2.24) is 0 Å². The highest BCUT2D eigenvalue weighted by atomic mass is 16.4. The SMILES string of the molecule is N=C(N)N.O=C(O)c1ccc(C(=O)c2ccccc2)cc1. The lowest BCUT2D eigenvalue weighted by Crippen LogP contribution is -2.20. The van der Waals surface area contributed by atoms with Crippen LogP contribution in [0.15, 0.2) is 54.6 Å². The first-order chi connectivity index (χ1) is 9.91. The molecule has 0 aliphatic carbocycles. The molecule has 2 aromatic carbocycles. The highest BCUT2D eigenvalue weighted by molar-refractivity contribution is 6.09. The number of aromatic carboxylic acids is 1. The Morgan fingerprint density at radius 1 is 0.810 bits per heavy atom. The van der Waals surface area contributed by atoms with E-state index in [1.807, 2.05) is 6.07 Å². The first kappa shape index (κ1) is 15.9. The second-order valence-electron chi connectivity index (χ2n) is 4.03. The van der Waals surface area contributed by atoms with E-state index in [1.54, 1.807) is 24.3 Å². The summed E-state index contributed by atoms with van der Waals surface area (Å²) in [5.41, 5.74) is 10.2. The minimum absolute atomic E-state index is 0.109. The Balaban J connectivity index is 0.000000491. The molecule has 108 valence electrons. The lowest BCUT2D eigenvalue weighted by molar-refractivity contribution is 0.0696. The first-order valence-corrected chi connectivity index (χ1v) is 5.94. The Kier molecular flexibility index (Phi) is 5.64. The molecular weight excluding hydrogens is 270 g/mol. The van der Waals surface area contributed by atoms with E-state index in [-0.39, 0.29) is 17.3 Å². The number of guanidine groups is 1. The molecule has 6 nitrogen and oxygen atoms in total. The fourth-order valence-electron chi connectivity index (χ4n) is 1.52. The third-order valence-electron chi connectivity index (χ3n) is 2.43. The molecule has 0 aromatic heterocycles. The van der Waals surface area contributed by atoms with Crippen LogP contribution in [0.2, 0.25) is 0 Å². The third-order valence-corrected chi connectivity index (χ3v) is 2.43. The first-order valence-electron chi connectivity index (χ1n) is 5.94. The van der Waals surface area contributed by atoms with Crippen molar-refractivity contribution in [1.29, 1.82) is 5.41 Å². The number of benzene rings is 2. The summed E-state index contributed by atoms with van der Waals surface area (Å²) in [7, 11) is 0. The van der Waals surface area contributed by atoms with Crippen molar-refractivity contribution in [2.45, 2.75) is 0 Å². The smallest absolute Gasteiger partial charge is 0.335 e. The molecule has 0 unspecified atom stereocenters. The van der Waals surface area contributed by atoms with Crippen LogP contribution >= 0.6 is 0 Å². The molecule has 0 atom stereocenters. The van der Waals surface area contributed by atoms with E-state index >= 15 is 0 Å². The standard InChI is InChI=1S/C14H10O3.CH5N3/c15-13(10-4-2-1-3-5-10)11-6-8-12(9-7-11)14(16)17;2-1(3)4/h1-9H,(H,16,17);(H5,2,3,4). The molecule has 21 heavy (non-hydrogen) atoms. The monoisotopic (exact) mass is 285 g/mol. The van der Waals surface area contributed by atoms with Crippen molar-refractivity contribution in [3.63, 3.8) is 0 Å². The molecule has 0 bridgehead atoms. The van der Waals surface area contributed by atoms with Gasteiger partial charge in [-0.1, -0.05) is 42.5 Å². The van der Waals surface area contributed by atoms with Crippen LogP contribution in [0.5, 0.6) is 0 Å². The summed E-state index contributed by atoms with van der Waals surface area (Å²) in [5, 5.41) is 14.8. The Morgan fingerprint density at radius 3 is 1.62 bits per heavy atom. The summed E-state index contributed by atoms with van der Waals surface area (Å²) in [5.74, 6) is -1.44. The van der Waals surface area contributed by atoms with Crippen molar-refractivity contribution in [3.8, 4) is 0 Å². The zero-order chi connectivity index (χ0) is 15.8. The molecule has 0 saturated heterocycles. The lowest BCUT2D eigenvalue weighted by atomic mass is 10.0. The van der Waals surface area contributed by atoms with E-state index in [2.05, 4.69) is 11.5 Å². The van der Waals surface area contributed by atoms with Gasteiger partial charge < -0.3 is 16.6 Å². The summed E-state index contributed by atoms with van der Waals surface area (Å²) in [6.07, 6.45) is 0. The molecule has 0 spiro atoms. The number of nitrogens with one attached hydrogen (secondary N) is 1. The van der Waals surface area contributed by atoms with Crippen LogP contribution in [-0.4, -0.2) is 22.8 Å². The minimum Gasteiger partial charge on any atom is -0.478 e. The second kappa shape index (κ2) is 7.44. The largest absolute Gasteiger partial charge is 0.478 e.